The Balaban J connectivity index is 1.91. The molecule has 110 valence electrons. The molecule has 0 unspecified atom stereocenters. The molecule has 0 N–H and O–H groups in total. The molecule has 0 radical (unpaired) electrons. The predicted molar refractivity (Wildman–Crippen MR) is 84.1 cm³/mol. The van der Waals surface area contributed by atoms with Gasteiger partial charge in [0.15, 0.2) is 0 Å². The van der Waals surface area contributed by atoms with Gasteiger partial charge in [0.05, 0.1) is 0 Å². The fourth-order valence-electron chi connectivity index (χ4n) is 3.77. The van der Waals surface area contributed by atoms with Crippen molar-refractivity contribution < 1.29 is 0 Å². The molecule has 1 aromatic heterocycles. The van der Waals surface area contributed by atoms with Crippen molar-refractivity contribution in [3.63, 3.8) is 0 Å². The van der Waals surface area contributed by atoms with Crippen LogP contribution in [0.1, 0.15) is 57.6 Å². The molecular weight excluding hydrogens is 246 g/mol. The zero-order chi connectivity index (χ0) is 13.9. The Morgan fingerprint density at radius 1 is 1.10 bits per heavy atom. The van der Waals surface area contributed by atoms with Crippen molar-refractivity contribution >= 4 is 5.82 Å². The van der Waals surface area contributed by atoms with Crippen LogP contribution in [0.4, 0.5) is 5.82 Å². The molecule has 3 heteroatoms. The van der Waals surface area contributed by atoms with E-state index >= 15 is 0 Å². The van der Waals surface area contributed by atoms with Crippen molar-refractivity contribution in [2.24, 2.45) is 0 Å². The SMILES string of the molecule is CC(C)N1CCCC[C@@H]1c1cccnc1N1CCCC1. The third-order valence-corrected chi connectivity index (χ3v) is 4.79. The van der Waals surface area contributed by atoms with Crippen LogP contribution in [-0.2, 0) is 0 Å². The summed E-state index contributed by atoms with van der Waals surface area (Å²) >= 11 is 0. The summed E-state index contributed by atoms with van der Waals surface area (Å²) in [5.41, 5.74) is 1.46. The second kappa shape index (κ2) is 6.13. The molecule has 0 saturated carbocycles. The van der Waals surface area contributed by atoms with E-state index in [1.807, 2.05) is 6.20 Å². The normalized spacial score (nSPS) is 24.6. The number of aromatic nitrogens is 1. The van der Waals surface area contributed by atoms with E-state index in [4.69, 9.17) is 4.98 Å². The highest BCUT2D eigenvalue weighted by Gasteiger charge is 2.29. The van der Waals surface area contributed by atoms with Gasteiger partial charge in [-0.15, -0.1) is 0 Å². The molecule has 0 aromatic carbocycles. The Bertz CT molecular complexity index is 438. The summed E-state index contributed by atoms with van der Waals surface area (Å²) in [6.45, 7) is 8.24. The number of hydrogen-bond donors (Lipinski definition) is 0. The topological polar surface area (TPSA) is 19.4 Å². The molecule has 2 saturated heterocycles. The number of hydrogen-bond acceptors (Lipinski definition) is 3. The van der Waals surface area contributed by atoms with E-state index in [-0.39, 0.29) is 0 Å². The lowest BCUT2D eigenvalue weighted by molar-refractivity contribution is 0.112. The zero-order valence-corrected chi connectivity index (χ0v) is 12.9. The highest BCUT2D eigenvalue weighted by molar-refractivity contribution is 5.49. The Hall–Kier alpha value is -1.09. The minimum Gasteiger partial charge on any atom is -0.356 e. The Morgan fingerprint density at radius 2 is 1.85 bits per heavy atom. The Kier molecular flexibility index (Phi) is 4.25. The average molecular weight is 273 g/mol. The van der Waals surface area contributed by atoms with E-state index < -0.39 is 0 Å². The zero-order valence-electron chi connectivity index (χ0n) is 12.9. The van der Waals surface area contributed by atoms with Gasteiger partial charge in [0.1, 0.15) is 5.82 Å². The average Bonchev–Trinajstić information content (AvgIpc) is 3.01. The first kappa shape index (κ1) is 13.9. The van der Waals surface area contributed by atoms with E-state index in [1.54, 1.807) is 0 Å². The van der Waals surface area contributed by atoms with Crippen LogP contribution < -0.4 is 4.90 Å². The Labute approximate surface area is 123 Å². The molecule has 3 heterocycles. The second-order valence-corrected chi connectivity index (χ2v) is 6.45. The Morgan fingerprint density at radius 3 is 2.60 bits per heavy atom. The first-order valence-corrected chi connectivity index (χ1v) is 8.23. The molecule has 0 aliphatic carbocycles. The highest BCUT2D eigenvalue weighted by Crippen LogP contribution is 2.37. The predicted octanol–water partition coefficient (Wildman–Crippen LogP) is 3.62. The van der Waals surface area contributed by atoms with Gasteiger partial charge >= 0.3 is 0 Å². The number of pyridine rings is 1. The summed E-state index contributed by atoms with van der Waals surface area (Å²) in [6.07, 6.45) is 8.56. The molecule has 0 bridgehead atoms. The van der Waals surface area contributed by atoms with E-state index in [0.717, 1.165) is 0 Å². The van der Waals surface area contributed by atoms with Crippen LogP contribution in [0.25, 0.3) is 0 Å². The summed E-state index contributed by atoms with van der Waals surface area (Å²) < 4.78 is 0. The number of nitrogens with zero attached hydrogens (tertiary/aromatic N) is 3. The molecule has 3 rings (SSSR count). The molecule has 2 aliphatic rings. The van der Waals surface area contributed by atoms with Gasteiger partial charge in [-0.1, -0.05) is 12.5 Å². The second-order valence-electron chi connectivity index (χ2n) is 6.45. The number of rotatable bonds is 3. The minimum absolute atomic E-state index is 0.563. The largest absolute Gasteiger partial charge is 0.356 e. The van der Waals surface area contributed by atoms with E-state index in [1.165, 1.54) is 63.1 Å². The lowest BCUT2D eigenvalue weighted by Gasteiger charge is -2.40. The van der Waals surface area contributed by atoms with Gasteiger partial charge in [-0.3, -0.25) is 4.90 Å². The molecule has 2 fully saturated rings. The van der Waals surface area contributed by atoms with Crippen molar-refractivity contribution in [1.29, 1.82) is 0 Å². The minimum atomic E-state index is 0.563. The monoisotopic (exact) mass is 273 g/mol. The molecule has 1 atom stereocenters. The van der Waals surface area contributed by atoms with Crippen LogP contribution in [0, 0.1) is 0 Å². The highest BCUT2D eigenvalue weighted by atomic mass is 15.2. The van der Waals surface area contributed by atoms with E-state index in [0.29, 0.717) is 12.1 Å². The fourth-order valence-corrected chi connectivity index (χ4v) is 3.77. The lowest BCUT2D eigenvalue weighted by atomic mass is 9.94. The van der Waals surface area contributed by atoms with Crippen LogP contribution in [-0.4, -0.2) is 35.6 Å². The summed E-state index contributed by atoms with van der Waals surface area (Å²) in [5.74, 6) is 1.25. The molecule has 3 nitrogen and oxygen atoms in total. The number of anilines is 1. The molecule has 0 spiro atoms. The van der Waals surface area contributed by atoms with Crippen molar-refractivity contribution in [2.45, 2.75) is 58.0 Å². The van der Waals surface area contributed by atoms with Crippen LogP contribution in [0.5, 0.6) is 0 Å². The maximum absolute atomic E-state index is 4.73. The summed E-state index contributed by atoms with van der Waals surface area (Å²) in [4.78, 5) is 9.88. The molecular formula is C17H27N3. The van der Waals surface area contributed by atoms with Gasteiger partial charge in [-0.05, 0) is 52.1 Å². The van der Waals surface area contributed by atoms with E-state index in [9.17, 15) is 0 Å². The molecule has 0 amide bonds. The van der Waals surface area contributed by atoms with Crippen molar-refractivity contribution in [3.8, 4) is 0 Å². The van der Waals surface area contributed by atoms with Crippen LogP contribution in [0.2, 0.25) is 0 Å². The third kappa shape index (κ3) is 2.69. The summed E-state index contributed by atoms with van der Waals surface area (Å²) in [6, 6.07) is 5.61. The van der Waals surface area contributed by atoms with Crippen LogP contribution >= 0.6 is 0 Å². The lowest BCUT2D eigenvalue weighted by Crippen LogP contribution is -2.39. The van der Waals surface area contributed by atoms with Gasteiger partial charge in [0.25, 0.3) is 0 Å². The van der Waals surface area contributed by atoms with Crippen LogP contribution in [0.15, 0.2) is 18.3 Å². The summed E-state index contributed by atoms with van der Waals surface area (Å²) in [7, 11) is 0. The van der Waals surface area contributed by atoms with Gasteiger partial charge in [-0.2, -0.15) is 0 Å². The van der Waals surface area contributed by atoms with Crippen LogP contribution in [0.3, 0.4) is 0 Å². The molecule has 1 aromatic rings. The van der Waals surface area contributed by atoms with Gasteiger partial charge in [0.2, 0.25) is 0 Å². The first-order chi connectivity index (χ1) is 9.77. The van der Waals surface area contributed by atoms with Gasteiger partial charge < -0.3 is 4.90 Å². The number of likely N-dealkylation sites (tertiary alicyclic amines) is 1. The van der Waals surface area contributed by atoms with Crippen molar-refractivity contribution in [2.75, 3.05) is 24.5 Å². The van der Waals surface area contributed by atoms with Gasteiger partial charge in [0, 0.05) is 36.9 Å². The smallest absolute Gasteiger partial charge is 0.133 e. The quantitative estimate of drug-likeness (QED) is 0.838. The third-order valence-electron chi connectivity index (χ3n) is 4.79. The standard InChI is InChI=1S/C17H27N3/c1-14(2)20-13-4-3-9-16(20)15-8-7-10-18-17(15)19-11-5-6-12-19/h7-8,10,14,16H,3-6,9,11-13H2,1-2H3/t16-/m1/s1. The fraction of sp³-hybridized carbons (Fsp3) is 0.706. The van der Waals surface area contributed by atoms with Gasteiger partial charge in [-0.25, -0.2) is 4.98 Å². The maximum Gasteiger partial charge on any atom is 0.133 e. The first-order valence-electron chi connectivity index (χ1n) is 8.23. The van der Waals surface area contributed by atoms with Crippen molar-refractivity contribution in [1.82, 2.24) is 9.88 Å². The summed E-state index contributed by atoms with van der Waals surface area (Å²) in [5, 5.41) is 0. The maximum atomic E-state index is 4.73. The molecule has 2 aliphatic heterocycles. The van der Waals surface area contributed by atoms with Crippen molar-refractivity contribution in [3.05, 3.63) is 23.9 Å². The van der Waals surface area contributed by atoms with E-state index in [2.05, 4.69) is 35.8 Å². The molecule has 20 heavy (non-hydrogen) atoms. The number of piperidine rings is 1.